The molecule has 0 bridgehead atoms. The van der Waals surface area contributed by atoms with Crippen molar-refractivity contribution in [2.45, 2.75) is 25.7 Å². The summed E-state index contributed by atoms with van der Waals surface area (Å²) in [4.78, 5) is 13.0. The van der Waals surface area contributed by atoms with Crippen molar-refractivity contribution < 1.29 is 9.22 Å². The van der Waals surface area contributed by atoms with Gasteiger partial charge in [-0.3, -0.25) is 4.42 Å². The molecule has 0 aliphatic heterocycles. The number of hydrogen-bond donors (Lipinski definition) is 0. The number of rotatable bonds is 1. The molecule has 3 aromatic carbocycles. The van der Waals surface area contributed by atoms with Gasteiger partial charge in [0.25, 0.3) is 5.78 Å². The molecule has 0 amide bonds. The summed E-state index contributed by atoms with van der Waals surface area (Å²) in [7, 11) is 0. The van der Waals surface area contributed by atoms with Crippen molar-refractivity contribution in [2.75, 3.05) is 0 Å². The number of carbonyl (C=O) groups is 1. The first kappa shape index (κ1) is 16.9. The number of benzene rings is 3. The van der Waals surface area contributed by atoms with Crippen molar-refractivity contribution in [1.29, 1.82) is 0 Å². The van der Waals surface area contributed by atoms with E-state index in [0.717, 1.165) is 16.3 Å². The fraction of sp³-hybridized carbons (Fsp3) is 0.154. The monoisotopic (exact) mass is 365 g/mol. The van der Waals surface area contributed by atoms with Gasteiger partial charge < -0.3 is 0 Å². The Morgan fingerprint density at radius 2 is 1.46 bits per heavy atom. The fourth-order valence-corrected chi connectivity index (χ4v) is 4.30. The van der Waals surface area contributed by atoms with Crippen molar-refractivity contribution in [3.8, 4) is 0 Å². The number of hydrogen-bond acceptors (Lipinski definition) is 1. The highest BCUT2D eigenvalue weighted by atomic mass is 16.5. The van der Waals surface area contributed by atoms with Crippen molar-refractivity contribution in [1.82, 2.24) is 0 Å². The first-order chi connectivity index (χ1) is 13.8. The zero-order valence-corrected chi connectivity index (χ0v) is 15.7. The molecule has 136 valence electrons. The van der Waals surface area contributed by atoms with Crippen LogP contribution in [0.5, 0.6) is 0 Å². The van der Waals surface area contributed by atoms with Crippen LogP contribution >= 0.6 is 0 Å². The van der Waals surface area contributed by atoms with E-state index in [1.54, 1.807) is 0 Å². The largest absolute Gasteiger partial charge is 0.614 e. The SMILES string of the molecule is O=C([O+]=C1C=CC(=C2CCCC2)c2ccccc21)c1cccc2ccccc12. The lowest BCUT2D eigenvalue weighted by Crippen LogP contribution is -2.11. The predicted molar refractivity (Wildman–Crippen MR) is 114 cm³/mol. The first-order valence-corrected chi connectivity index (χ1v) is 9.88. The van der Waals surface area contributed by atoms with Crippen LogP contribution < -0.4 is 0 Å². The lowest BCUT2D eigenvalue weighted by molar-refractivity contribution is -0.166. The summed E-state index contributed by atoms with van der Waals surface area (Å²) >= 11 is 0. The molecule has 2 nitrogen and oxygen atoms in total. The summed E-state index contributed by atoms with van der Waals surface area (Å²) in [6.07, 6.45) is 8.93. The second-order valence-corrected chi connectivity index (χ2v) is 7.38. The number of ketones is 1. The topological polar surface area (TPSA) is 28.4 Å². The van der Waals surface area contributed by atoms with Crippen LogP contribution in [0.1, 0.15) is 51.6 Å². The van der Waals surface area contributed by atoms with Gasteiger partial charge in [-0.1, -0.05) is 60.2 Å². The number of carbonyl (C=O) groups excluding carboxylic acids is 2. The molecular formula is C26H21O2+. The van der Waals surface area contributed by atoms with E-state index in [1.807, 2.05) is 60.7 Å². The second kappa shape index (κ2) is 7.05. The molecule has 0 spiro atoms. The molecule has 2 heteroatoms. The van der Waals surface area contributed by atoms with Gasteiger partial charge in [0.15, 0.2) is 0 Å². The minimum atomic E-state index is -0.316. The van der Waals surface area contributed by atoms with E-state index >= 15 is 0 Å². The molecule has 0 saturated heterocycles. The van der Waals surface area contributed by atoms with Gasteiger partial charge in [0.05, 0.1) is 10.4 Å². The van der Waals surface area contributed by atoms with E-state index in [1.165, 1.54) is 42.4 Å². The Morgan fingerprint density at radius 1 is 0.750 bits per heavy atom. The van der Waals surface area contributed by atoms with Gasteiger partial charge in [-0.15, -0.1) is 0 Å². The van der Waals surface area contributed by atoms with E-state index in [9.17, 15) is 4.79 Å². The Hall–Kier alpha value is -3.26. The van der Waals surface area contributed by atoms with Gasteiger partial charge in [0, 0.05) is 11.5 Å². The third-order valence-electron chi connectivity index (χ3n) is 5.68. The van der Waals surface area contributed by atoms with E-state index in [4.69, 9.17) is 4.42 Å². The Bertz CT molecular complexity index is 1160. The molecule has 0 heterocycles. The average molecular weight is 365 g/mol. The summed E-state index contributed by atoms with van der Waals surface area (Å²) in [5, 5.41) is 1.95. The molecule has 0 radical (unpaired) electrons. The zero-order chi connectivity index (χ0) is 18.9. The van der Waals surface area contributed by atoms with Gasteiger partial charge in [-0.25, -0.2) is 0 Å². The smallest absolute Gasteiger partial charge is 0.267 e. The lowest BCUT2D eigenvalue weighted by Gasteiger charge is -2.15. The molecule has 0 N–H and O–H groups in total. The maximum Gasteiger partial charge on any atom is 0.614 e. The van der Waals surface area contributed by atoms with Gasteiger partial charge in [-0.05, 0) is 60.4 Å². The lowest BCUT2D eigenvalue weighted by atomic mass is 9.88. The Morgan fingerprint density at radius 3 is 2.32 bits per heavy atom. The van der Waals surface area contributed by atoms with Gasteiger partial charge in [0.1, 0.15) is 5.56 Å². The van der Waals surface area contributed by atoms with E-state index in [0.29, 0.717) is 11.3 Å². The summed E-state index contributed by atoms with van der Waals surface area (Å²) in [6, 6.07) is 21.9. The molecule has 2 aliphatic rings. The molecule has 1 saturated carbocycles. The summed E-state index contributed by atoms with van der Waals surface area (Å²) < 4.78 is 5.89. The van der Waals surface area contributed by atoms with Crippen molar-refractivity contribution >= 4 is 28.1 Å². The summed E-state index contributed by atoms with van der Waals surface area (Å²) in [6.45, 7) is 0. The summed E-state index contributed by atoms with van der Waals surface area (Å²) in [5.74, 6) is 0.305. The molecule has 0 atom stereocenters. The van der Waals surface area contributed by atoms with Crippen LogP contribution in [0.15, 0.2) is 84.5 Å². The Labute approximate surface area is 164 Å². The molecule has 0 aromatic heterocycles. The average Bonchev–Trinajstić information content (AvgIpc) is 3.28. The predicted octanol–water partition coefficient (Wildman–Crippen LogP) is 6.30. The quantitative estimate of drug-likeness (QED) is 0.465. The van der Waals surface area contributed by atoms with Crippen LogP contribution in [-0.4, -0.2) is 11.8 Å². The number of fused-ring (bicyclic) bond motifs is 2. The van der Waals surface area contributed by atoms with Gasteiger partial charge in [-0.2, -0.15) is 0 Å². The van der Waals surface area contributed by atoms with E-state index in [2.05, 4.69) is 18.2 Å². The van der Waals surface area contributed by atoms with Gasteiger partial charge >= 0.3 is 5.97 Å². The van der Waals surface area contributed by atoms with Gasteiger partial charge in [0.2, 0.25) is 0 Å². The fourth-order valence-electron chi connectivity index (χ4n) is 4.30. The maximum atomic E-state index is 13.0. The highest BCUT2D eigenvalue weighted by Crippen LogP contribution is 2.36. The summed E-state index contributed by atoms with van der Waals surface area (Å²) in [5.41, 5.74) is 5.58. The van der Waals surface area contributed by atoms with Crippen molar-refractivity contribution in [3.05, 3.63) is 101 Å². The molecule has 3 aromatic rings. The van der Waals surface area contributed by atoms with E-state index in [-0.39, 0.29) is 5.97 Å². The molecule has 2 aliphatic carbocycles. The normalized spacial score (nSPS) is 17.4. The minimum absolute atomic E-state index is 0.316. The third-order valence-corrected chi connectivity index (χ3v) is 5.68. The standard InChI is InChI=1S/C26H21O2/c27-26(24-15-7-11-19-10-3-4-12-20(19)24)28-25-17-16-21(18-8-1-2-9-18)22-13-5-6-14-23(22)25/h3-7,10-17H,1-2,8-9H2/q+1. The van der Waals surface area contributed by atoms with Crippen LogP contribution in [0.3, 0.4) is 0 Å². The highest BCUT2D eigenvalue weighted by Gasteiger charge is 2.27. The third kappa shape index (κ3) is 2.91. The minimum Gasteiger partial charge on any atom is -0.267 e. The van der Waals surface area contributed by atoms with Crippen molar-refractivity contribution in [3.63, 3.8) is 0 Å². The van der Waals surface area contributed by atoms with Crippen molar-refractivity contribution in [2.24, 2.45) is 0 Å². The van der Waals surface area contributed by atoms with Crippen LogP contribution in [0.2, 0.25) is 0 Å². The van der Waals surface area contributed by atoms with Crippen LogP contribution in [-0.2, 0) is 0 Å². The molecule has 28 heavy (non-hydrogen) atoms. The number of allylic oxidation sites excluding steroid dienone is 4. The van der Waals surface area contributed by atoms with Crippen LogP contribution in [0.25, 0.3) is 16.3 Å². The first-order valence-electron chi connectivity index (χ1n) is 9.88. The van der Waals surface area contributed by atoms with Crippen LogP contribution in [0.4, 0.5) is 0 Å². The van der Waals surface area contributed by atoms with E-state index < -0.39 is 0 Å². The second-order valence-electron chi connectivity index (χ2n) is 7.38. The van der Waals surface area contributed by atoms with Crippen LogP contribution in [0, 0.1) is 0 Å². The Balaban J connectivity index is 1.60. The zero-order valence-electron chi connectivity index (χ0n) is 15.7. The molecule has 0 unspecified atom stereocenters. The molecule has 1 fully saturated rings. The molecule has 5 rings (SSSR count). The maximum absolute atomic E-state index is 13.0. The molecular weight excluding hydrogens is 344 g/mol. The Kier molecular flexibility index (Phi) is 4.25. The highest BCUT2D eigenvalue weighted by molar-refractivity contribution is 6.15.